The highest BCUT2D eigenvalue weighted by molar-refractivity contribution is 5.96. The van der Waals surface area contributed by atoms with E-state index < -0.39 is 0 Å². The first-order valence-electron chi connectivity index (χ1n) is 9.42. The van der Waals surface area contributed by atoms with Crippen LogP contribution in [0.4, 0.5) is 0 Å². The molecular weight excluding hydrogens is 332 g/mol. The van der Waals surface area contributed by atoms with Gasteiger partial charge >= 0.3 is 0 Å². The molecule has 4 fully saturated rings. The van der Waals surface area contributed by atoms with Gasteiger partial charge in [-0.2, -0.15) is 0 Å². The number of carbonyl (C=O) groups is 2. The normalized spacial score (nSPS) is 25.2. The van der Waals surface area contributed by atoms with Crippen LogP contribution in [0.25, 0.3) is 0 Å². The molecule has 0 radical (unpaired) electrons. The van der Waals surface area contributed by atoms with Crippen LogP contribution in [0.3, 0.4) is 0 Å². The SMILES string of the molecule is COc1cc(OC)cc(C(=O)N2CC3CCC(C2)N(CC2CC2)C3=O)c1. The molecular formula is C20H26N2O4. The predicted octanol–water partition coefficient (Wildman–Crippen LogP) is 2.18. The van der Waals surface area contributed by atoms with E-state index in [1.165, 1.54) is 12.8 Å². The van der Waals surface area contributed by atoms with Gasteiger partial charge in [0.2, 0.25) is 5.91 Å². The minimum Gasteiger partial charge on any atom is -0.497 e. The number of rotatable bonds is 5. The van der Waals surface area contributed by atoms with Crippen molar-refractivity contribution in [1.82, 2.24) is 9.80 Å². The minimum atomic E-state index is -0.0658. The number of ether oxygens (including phenoxy) is 2. The van der Waals surface area contributed by atoms with Gasteiger partial charge in [-0.3, -0.25) is 9.59 Å². The van der Waals surface area contributed by atoms with Gasteiger partial charge in [0, 0.05) is 37.3 Å². The number of methoxy groups -OCH3 is 2. The number of hydrogen-bond acceptors (Lipinski definition) is 4. The summed E-state index contributed by atoms with van der Waals surface area (Å²) in [6.45, 7) is 2.00. The lowest BCUT2D eigenvalue weighted by Gasteiger charge is -2.36. The molecule has 3 saturated heterocycles. The fourth-order valence-corrected chi connectivity index (χ4v) is 4.14. The van der Waals surface area contributed by atoms with Crippen LogP contribution < -0.4 is 9.47 Å². The van der Waals surface area contributed by atoms with Gasteiger partial charge in [0.1, 0.15) is 11.5 Å². The van der Waals surface area contributed by atoms with E-state index in [4.69, 9.17) is 9.47 Å². The number of piperidine rings is 1. The number of nitrogens with zero attached hydrogens (tertiary/aromatic N) is 2. The molecule has 1 aromatic carbocycles. The van der Waals surface area contributed by atoms with E-state index in [0.717, 1.165) is 19.4 Å². The van der Waals surface area contributed by atoms with Crippen molar-refractivity contribution < 1.29 is 19.1 Å². The summed E-state index contributed by atoms with van der Waals surface area (Å²) in [4.78, 5) is 29.9. The maximum absolute atomic E-state index is 13.1. The molecule has 2 amide bonds. The highest BCUT2D eigenvalue weighted by atomic mass is 16.5. The molecule has 3 heterocycles. The first-order valence-corrected chi connectivity index (χ1v) is 9.42. The molecule has 1 aromatic rings. The zero-order valence-corrected chi connectivity index (χ0v) is 15.4. The smallest absolute Gasteiger partial charge is 0.254 e. The topological polar surface area (TPSA) is 59.1 Å². The summed E-state index contributed by atoms with van der Waals surface area (Å²) in [6, 6.07) is 5.38. The second-order valence-electron chi connectivity index (χ2n) is 7.67. The molecule has 2 atom stereocenters. The summed E-state index contributed by atoms with van der Waals surface area (Å²) in [5, 5.41) is 0. The van der Waals surface area contributed by atoms with E-state index in [9.17, 15) is 9.59 Å². The van der Waals surface area contributed by atoms with Gasteiger partial charge in [-0.1, -0.05) is 0 Å². The number of fused-ring (bicyclic) bond motifs is 4. The molecule has 5 rings (SSSR count). The Kier molecular flexibility index (Phi) is 4.51. The highest BCUT2D eigenvalue weighted by Gasteiger charge is 2.43. The van der Waals surface area contributed by atoms with Gasteiger partial charge < -0.3 is 19.3 Å². The van der Waals surface area contributed by atoms with Crippen molar-refractivity contribution in [2.24, 2.45) is 11.8 Å². The van der Waals surface area contributed by atoms with Gasteiger partial charge in [0.05, 0.1) is 20.1 Å². The van der Waals surface area contributed by atoms with E-state index in [1.807, 2.05) is 4.90 Å². The average Bonchev–Trinajstić information content (AvgIpc) is 3.50. The Balaban J connectivity index is 1.56. The Hall–Kier alpha value is -2.24. The molecule has 6 nitrogen and oxygen atoms in total. The van der Waals surface area contributed by atoms with Crippen LogP contribution in [-0.4, -0.2) is 61.5 Å². The molecule has 0 aromatic heterocycles. The van der Waals surface area contributed by atoms with E-state index in [-0.39, 0.29) is 23.8 Å². The quantitative estimate of drug-likeness (QED) is 0.809. The lowest BCUT2D eigenvalue weighted by molar-refractivity contribution is -0.140. The number of amides is 2. The molecule has 140 valence electrons. The van der Waals surface area contributed by atoms with Crippen molar-refractivity contribution in [3.05, 3.63) is 23.8 Å². The van der Waals surface area contributed by atoms with Crippen LogP contribution >= 0.6 is 0 Å². The minimum absolute atomic E-state index is 0.0554. The molecule has 0 N–H and O–H groups in total. The van der Waals surface area contributed by atoms with Crippen molar-refractivity contribution in [1.29, 1.82) is 0 Å². The summed E-state index contributed by atoms with van der Waals surface area (Å²) in [7, 11) is 3.15. The second-order valence-corrected chi connectivity index (χ2v) is 7.67. The van der Waals surface area contributed by atoms with Crippen molar-refractivity contribution in [3.63, 3.8) is 0 Å². The Bertz CT molecular complexity index is 694. The zero-order chi connectivity index (χ0) is 18.3. The number of benzene rings is 1. The summed E-state index contributed by atoms with van der Waals surface area (Å²) in [6.07, 6.45) is 4.34. The summed E-state index contributed by atoms with van der Waals surface area (Å²) >= 11 is 0. The molecule has 4 aliphatic rings. The van der Waals surface area contributed by atoms with Gasteiger partial charge in [-0.25, -0.2) is 0 Å². The van der Waals surface area contributed by atoms with Gasteiger partial charge in [0.15, 0.2) is 0 Å². The van der Waals surface area contributed by atoms with Crippen molar-refractivity contribution >= 4 is 11.8 Å². The molecule has 0 spiro atoms. The zero-order valence-electron chi connectivity index (χ0n) is 15.4. The van der Waals surface area contributed by atoms with Crippen LogP contribution in [0.1, 0.15) is 36.0 Å². The Morgan fingerprint density at radius 2 is 1.73 bits per heavy atom. The lowest BCUT2D eigenvalue weighted by atomic mass is 9.94. The first kappa shape index (κ1) is 17.2. The maximum atomic E-state index is 13.1. The number of carbonyl (C=O) groups excluding carboxylic acids is 2. The van der Waals surface area contributed by atoms with Gasteiger partial charge in [-0.05, 0) is 43.7 Å². The first-order chi connectivity index (χ1) is 12.6. The second kappa shape index (κ2) is 6.82. The summed E-state index contributed by atoms with van der Waals surface area (Å²) < 4.78 is 10.6. The Morgan fingerprint density at radius 1 is 1.04 bits per heavy atom. The monoisotopic (exact) mass is 358 g/mol. The van der Waals surface area contributed by atoms with E-state index in [2.05, 4.69) is 4.90 Å². The highest BCUT2D eigenvalue weighted by Crippen LogP contribution is 2.36. The van der Waals surface area contributed by atoms with Crippen molar-refractivity contribution in [2.45, 2.75) is 31.7 Å². The largest absolute Gasteiger partial charge is 0.497 e. The van der Waals surface area contributed by atoms with Crippen LogP contribution in [0, 0.1) is 11.8 Å². The summed E-state index contributed by atoms with van der Waals surface area (Å²) in [5.41, 5.74) is 0.545. The lowest BCUT2D eigenvalue weighted by Crippen LogP contribution is -2.48. The molecule has 2 unspecified atom stereocenters. The third kappa shape index (κ3) is 3.24. The van der Waals surface area contributed by atoms with E-state index in [1.54, 1.807) is 32.4 Å². The molecule has 1 aliphatic carbocycles. The molecule has 3 aliphatic heterocycles. The third-order valence-electron chi connectivity index (χ3n) is 5.83. The fourth-order valence-electron chi connectivity index (χ4n) is 4.14. The van der Waals surface area contributed by atoms with Crippen LogP contribution in [-0.2, 0) is 4.79 Å². The molecule has 26 heavy (non-hydrogen) atoms. The average molecular weight is 358 g/mol. The third-order valence-corrected chi connectivity index (χ3v) is 5.83. The predicted molar refractivity (Wildman–Crippen MR) is 96.4 cm³/mol. The molecule has 2 bridgehead atoms. The molecule has 6 heteroatoms. The van der Waals surface area contributed by atoms with Crippen LogP contribution in [0.2, 0.25) is 0 Å². The van der Waals surface area contributed by atoms with Crippen molar-refractivity contribution in [3.8, 4) is 11.5 Å². The van der Waals surface area contributed by atoms with Crippen LogP contribution in [0.15, 0.2) is 18.2 Å². The van der Waals surface area contributed by atoms with E-state index in [0.29, 0.717) is 36.1 Å². The molecule has 1 saturated carbocycles. The summed E-state index contributed by atoms with van der Waals surface area (Å²) in [5.74, 6) is 1.98. The van der Waals surface area contributed by atoms with Gasteiger partial charge in [-0.15, -0.1) is 0 Å². The van der Waals surface area contributed by atoms with Crippen LogP contribution in [0.5, 0.6) is 11.5 Å². The Morgan fingerprint density at radius 3 is 2.35 bits per heavy atom. The van der Waals surface area contributed by atoms with Crippen molar-refractivity contribution in [2.75, 3.05) is 33.9 Å². The number of hydrogen-bond donors (Lipinski definition) is 0. The van der Waals surface area contributed by atoms with E-state index >= 15 is 0 Å². The fraction of sp³-hybridized carbons (Fsp3) is 0.600. The van der Waals surface area contributed by atoms with Gasteiger partial charge in [0.25, 0.3) is 5.91 Å². The maximum Gasteiger partial charge on any atom is 0.254 e. The Labute approximate surface area is 154 Å². The standard InChI is InChI=1S/C20H26N2O4/c1-25-17-7-15(8-18(9-17)26-2)19(23)21-11-14-5-6-16(12-21)22(20(14)24)10-13-3-4-13/h7-9,13-14,16H,3-6,10-12H2,1-2H3.